The number of allylic oxidation sites excluding steroid dienone is 1. The third-order valence-corrected chi connectivity index (χ3v) is 3.80. The minimum atomic E-state index is -0.965. The molecule has 0 fully saturated rings. The highest BCUT2D eigenvalue weighted by molar-refractivity contribution is 6.17. The number of nitrogens with zero attached hydrogens (tertiary/aromatic N) is 2. The summed E-state index contributed by atoms with van der Waals surface area (Å²) in [5, 5.41) is 0. The molecule has 0 radical (unpaired) electrons. The molecule has 22 heavy (non-hydrogen) atoms. The lowest BCUT2D eigenvalue weighted by atomic mass is 9.97. The zero-order valence-corrected chi connectivity index (χ0v) is 12.0. The maximum Gasteiger partial charge on any atom is 0.105 e. The molecule has 2 aromatic rings. The maximum absolute atomic E-state index is 6.08. The Morgan fingerprint density at radius 1 is 0.909 bits per heavy atom. The van der Waals surface area contributed by atoms with Crippen molar-refractivity contribution >= 4 is 22.8 Å². The van der Waals surface area contributed by atoms with Crippen LogP contribution in [0.1, 0.15) is 0 Å². The van der Waals surface area contributed by atoms with Crippen LogP contribution in [0.2, 0.25) is 0 Å². The monoisotopic (exact) mass is 288 g/mol. The molecule has 4 nitrogen and oxygen atoms in total. The molecule has 1 aliphatic heterocycles. The predicted molar refractivity (Wildman–Crippen MR) is 90.4 cm³/mol. The van der Waals surface area contributed by atoms with Gasteiger partial charge in [-0.1, -0.05) is 30.3 Å². The van der Waals surface area contributed by atoms with Crippen LogP contribution >= 0.6 is 0 Å². The molecule has 0 saturated carbocycles. The van der Waals surface area contributed by atoms with Crippen LogP contribution in [0, 0.1) is 0 Å². The summed E-state index contributed by atoms with van der Waals surface area (Å²) in [6.07, 6.45) is 5.52. The number of hydrogen-bond donors (Lipinski definition) is 2. The molecule has 4 N–H and O–H groups in total. The van der Waals surface area contributed by atoms with Gasteiger partial charge in [0.15, 0.2) is 0 Å². The van der Waals surface area contributed by atoms with Gasteiger partial charge in [-0.25, -0.2) is 4.99 Å². The van der Waals surface area contributed by atoms with Crippen molar-refractivity contribution in [3.8, 4) is 0 Å². The molecule has 2 aliphatic rings. The second kappa shape index (κ2) is 4.66. The molecule has 0 spiro atoms. The molecule has 108 valence electrons. The van der Waals surface area contributed by atoms with Crippen LogP contribution in [0.3, 0.4) is 0 Å². The third-order valence-electron chi connectivity index (χ3n) is 3.80. The summed E-state index contributed by atoms with van der Waals surface area (Å²) < 4.78 is 0. The average molecular weight is 288 g/mol. The van der Waals surface area contributed by atoms with Crippen LogP contribution in [0.5, 0.6) is 0 Å². The lowest BCUT2D eigenvalue weighted by Gasteiger charge is -2.35. The molecular formula is C18H16N4. The van der Waals surface area contributed by atoms with Gasteiger partial charge in [0.25, 0.3) is 0 Å². The fraction of sp³-hybridized carbons (Fsp3) is 0.0556. The Labute approximate surface area is 129 Å². The van der Waals surface area contributed by atoms with E-state index >= 15 is 0 Å². The van der Waals surface area contributed by atoms with Crippen LogP contribution in [0.15, 0.2) is 83.5 Å². The first-order valence-corrected chi connectivity index (χ1v) is 7.17. The zero-order chi connectivity index (χ0) is 15.2. The van der Waals surface area contributed by atoms with Crippen molar-refractivity contribution in [2.75, 3.05) is 4.90 Å². The van der Waals surface area contributed by atoms with Gasteiger partial charge in [-0.2, -0.15) is 0 Å². The summed E-state index contributed by atoms with van der Waals surface area (Å²) in [5.41, 5.74) is 16.0. The number of aliphatic imine (C=N–C) groups is 1. The number of nitrogens with two attached hydrogens (primary N) is 2. The van der Waals surface area contributed by atoms with Gasteiger partial charge in [-0.3, -0.25) is 0 Å². The quantitative estimate of drug-likeness (QED) is 0.793. The average Bonchev–Trinajstić information content (AvgIpc) is 2.53. The van der Waals surface area contributed by atoms with E-state index in [4.69, 9.17) is 16.5 Å². The van der Waals surface area contributed by atoms with Gasteiger partial charge in [0.1, 0.15) is 5.66 Å². The standard InChI is InChI=1S/C18H16N4/c19-18(20)11-10-15-17(12-18)22(13-6-2-1-3-7-13)16-9-5-4-8-14(16)21-15/h1-12H,19-20H2. The van der Waals surface area contributed by atoms with Crippen molar-refractivity contribution in [3.05, 3.63) is 78.5 Å². The molecule has 0 bridgehead atoms. The smallest absolute Gasteiger partial charge is 0.105 e. The molecule has 4 heteroatoms. The Hall–Kier alpha value is -2.69. The molecule has 1 heterocycles. The summed E-state index contributed by atoms with van der Waals surface area (Å²) in [7, 11) is 0. The van der Waals surface area contributed by atoms with Crippen LogP contribution < -0.4 is 16.4 Å². The highest BCUT2D eigenvalue weighted by Gasteiger charge is 2.30. The predicted octanol–water partition coefficient (Wildman–Crippen LogP) is 2.98. The summed E-state index contributed by atoms with van der Waals surface area (Å²) >= 11 is 0. The molecule has 0 saturated heterocycles. The number of rotatable bonds is 1. The Morgan fingerprint density at radius 3 is 2.45 bits per heavy atom. The van der Waals surface area contributed by atoms with Crippen molar-refractivity contribution in [1.29, 1.82) is 0 Å². The molecule has 1 aliphatic carbocycles. The maximum atomic E-state index is 6.08. The van der Waals surface area contributed by atoms with E-state index in [0.29, 0.717) is 0 Å². The molecule has 0 atom stereocenters. The summed E-state index contributed by atoms with van der Waals surface area (Å²) in [4.78, 5) is 6.87. The van der Waals surface area contributed by atoms with Gasteiger partial charge in [-0.05, 0) is 42.5 Å². The van der Waals surface area contributed by atoms with E-state index in [9.17, 15) is 0 Å². The van der Waals surface area contributed by atoms with Crippen molar-refractivity contribution in [1.82, 2.24) is 0 Å². The first kappa shape index (κ1) is 13.0. The Bertz CT molecular complexity index is 816. The lowest BCUT2D eigenvalue weighted by molar-refractivity contribution is 0.685. The largest absolute Gasteiger partial charge is 0.307 e. The Kier molecular flexibility index (Phi) is 2.76. The van der Waals surface area contributed by atoms with Crippen LogP contribution in [-0.4, -0.2) is 11.4 Å². The SMILES string of the molecule is NC1(N)C=CC2=Nc3ccccc3N(c3ccccc3)C2=C1. The number of benzene rings is 2. The Balaban J connectivity index is 1.97. The molecule has 0 unspecified atom stereocenters. The highest BCUT2D eigenvalue weighted by Crippen LogP contribution is 2.42. The van der Waals surface area contributed by atoms with E-state index < -0.39 is 5.66 Å². The van der Waals surface area contributed by atoms with Crippen molar-refractivity contribution in [2.45, 2.75) is 5.66 Å². The van der Waals surface area contributed by atoms with Gasteiger partial charge in [0.05, 0.1) is 22.8 Å². The van der Waals surface area contributed by atoms with Crippen LogP contribution in [0.25, 0.3) is 0 Å². The van der Waals surface area contributed by atoms with Crippen molar-refractivity contribution < 1.29 is 0 Å². The fourth-order valence-corrected chi connectivity index (χ4v) is 2.80. The van der Waals surface area contributed by atoms with Crippen LogP contribution in [0.4, 0.5) is 17.1 Å². The minimum absolute atomic E-state index is 0.870. The number of hydrogen-bond acceptors (Lipinski definition) is 4. The summed E-state index contributed by atoms with van der Waals surface area (Å²) in [6, 6.07) is 18.2. The van der Waals surface area contributed by atoms with Crippen LogP contribution in [-0.2, 0) is 0 Å². The first-order valence-electron chi connectivity index (χ1n) is 7.17. The molecule has 2 aromatic carbocycles. The second-order valence-corrected chi connectivity index (χ2v) is 5.52. The normalized spacial score (nSPS) is 18.2. The number of fused-ring (bicyclic) bond motifs is 2. The summed E-state index contributed by atoms with van der Waals surface area (Å²) in [6.45, 7) is 0. The lowest BCUT2D eigenvalue weighted by Crippen LogP contribution is -2.48. The molecule has 0 amide bonds. The van der Waals surface area contributed by atoms with E-state index in [1.54, 1.807) is 6.08 Å². The summed E-state index contributed by atoms with van der Waals surface area (Å²) in [5.74, 6) is 0. The van der Waals surface area contributed by atoms with Gasteiger partial charge >= 0.3 is 0 Å². The van der Waals surface area contributed by atoms with E-state index in [0.717, 1.165) is 28.5 Å². The number of para-hydroxylation sites is 3. The third kappa shape index (κ3) is 2.06. The van der Waals surface area contributed by atoms with E-state index in [2.05, 4.69) is 23.1 Å². The van der Waals surface area contributed by atoms with E-state index in [1.165, 1.54) is 0 Å². The fourth-order valence-electron chi connectivity index (χ4n) is 2.80. The molecular weight excluding hydrogens is 272 g/mol. The Morgan fingerprint density at radius 2 is 1.64 bits per heavy atom. The molecule has 4 rings (SSSR count). The van der Waals surface area contributed by atoms with E-state index in [-0.39, 0.29) is 0 Å². The first-order chi connectivity index (χ1) is 10.6. The highest BCUT2D eigenvalue weighted by atomic mass is 15.2. The second-order valence-electron chi connectivity index (χ2n) is 5.52. The number of anilines is 2. The van der Waals surface area contributed by atoms with Gasteiger partial charge in [-0.15, -0.1) is 0 Å². The van der Waals surface area contributed by atoms with E-state index in [1.807, 2.05) is 48.6 Å². The van der Waals surface area contributed by atoms with Gasteiger partial charge < -0.3 is 16.4 Å². The van der Waals surface area contributed by atoms with Gasteiger partial charge in [0.2, 0.25) is 0 Å². The van der Waals surface area contributed by atoms with Crippen molar-refractivity contribution in [2.24, 2.45) is 16.5 Å². The molecule has 0 aromatic heterocycles. The zero-order valence-electron chi connectivity index (χ0n) is 12.0. The van der Waals surface area contributed by atoms with Gasteiger partial charge in [0, 0.05) is 5.69 Å². The topological polar surface area (TPSA) is 67.6 Å². The minimum Gasteiger partial charge on any atom is -0.307 e. The van der Waals surface area contributed by atoms with Crippen molar-refractivity contribution in [3.63, 3.8) is 0 Å².